The van der Waals surface area contributed by atoms with Gasteiger partial charge in [0.05, 0.1) is 11.9 Å². The minimum absolute atomic E-state index is 0.127. The van der Waals surface area contributed by atoms with E-state index in [4.69, 9.17) is 0 Å². The highest BCUT2D eigenvalue weighted by atomic mass is 79.9. The number of hydrogen-bond donors (Lipinski definition) is 1. The van der Waals surface area contributed by atoms with E-state index in [0.717, 1.165) is 51.8 Å². The lowest BCUT2D eigenvalue weighted by Gasteiger charge is -2.33. The molecule has 1 atom stereocenters. The molecular formula is C26H34BrN3O4S. The van der Waals surface area contributed by atoms with Gasteiger partial charge in [-0.2, -0.15) is 0 Å². The molecule has 1 N–H and O–H groups in total. The van der Waals surface area contributed by atoms with Crippen LogP contribution in [0.3, 0.4) is 0 Å². The molecule has 35 heavy (non-hydrogen) atoms. The molecule has 190 valence electrons. The number of rotatable bonds is 10. The summed E-state index contributed by atoms with van der Waals surface area (Å²) in [6.45, 7) is 3.67. The summed E-state index contributed by atoms with van der Waals surface area (Å²) in [5, 5.41) is 3.12. The molecule has 1 aliphatic carbocycles. The van der Waals surface area contributed by atoms with E-state index in [9.17, 15) is 18.0 Å². The van der Waals surface area contributed by atoms with Crippen LogP contribution in [0.5, 0.6) is 0 Å². The maximum Gasteiger partial charge on any atom is 0.244 e. The molecule has 0 radical (unpaired) electrons. The first-order chi connectivity index (χ1) is 16.6. The Hall–Kier alpha value is -2.39. The highest BCUT2D eigenvalue weighted by molar-refractivity contribution is 9.10. The topological polar surface area (TPSA) is 86.8 Å². The fraction of sp³-hybridized carbons (Fsp3) is 0.462. The average Bonchev–Trinajstić information content (AvgIpc) is 3.31. The zero-order valence-corrected chi connectivity index (χ0v) is 22.9. The molecule has 0 saturated heterocycles. The number of nitrogens with one attached hydrogen (secondary N) is 1. The third-order valence-electron chi connectivity index (χ3n) is 6.48. The van der Waals surface area contributed by atoms with Gasteiger partial charge in [0.25, 0.3) is 0 Å². The second-order valence-corrected chi connectivity index (χ2v) is 11.9. The number of carbonyl (C=O) groups excluding carboxylic acids is 2. The summed E-state index contributed by atoms with van der Waals surface area (Å²) in [5.41, 5.74) is 2.31. The first-order valence-corrected chi connectivity index (χ1v) is 14.6. The molecule has 0 bridgehead atoms. The van der Waals surface area contributed by atoms with Gasteiger partial charge >= 0.3 is 0 Å². The number of halogens is 1. The van der Waals surface area contributed by atoms with Gasteiger partial charge in [-0.3, -0.25) is 13.9 Å². The summed E-state index contributed by atoms with van der Waals surface area (Å²) in [6, 6.07) is 13.9. The summed E-state index contributed by atoms with van der Waals surface area (Å²) < 4.78 is 27.2. The molecule has 0 unspecified atom stereocenters. The van der Waals surface area contributed by atoms with Crippen LogP contribution in [0, 0.1) is 6.92 Å². The third kappa shape index (κ3) is 7.30. The summed E-state index contributed by atoms with van der Waals surface area (Å²) in [5.74, 6) is -0.606. The summed E-state index contributed by atoms with van der Waals surface area (Å²) in [4.78, 5) is 28.6. The van der Waals surface area contributed by atoms with Crippen LogP contribution in [0.4, 0.5) is 5.69 Å². The van der Waals surface area contributed by atoms with Crippen LogP contribution in [0.1, 0.15) is 50.2 Å². The minimum atomic E-state index is -3.74. The lowest BCUT2D eigenvalue weighted by molar-refractivity contribution is -0.140. The van der Waals surface area contributed by atoms with Crippen LogP contribution >= 0.6 is 15.9 Å². The van der Waals surface area contributed by atoms with E-state index in [0.29, 0.717) is 12.1 Å². The van der Waals surface area contributed by atoms with Gasteiger partial charge in [-0.25, -0.2) is 8.42 Å². The molecule has 0 aliphatic heterocycles. The molecule has 2 aromatic rings. The van der Waals surface area contributed by atoms with Crippen molar-refractivity contribution in [3.63, 3.8) is 0 Å². The van der Waals surface area contributed by atoms with E-state index < -0.39 is 22.0 Å². The van der Waals surface area contributed by atoms with Crippen LogP contribution in [-0.4, -0.2) is 50.0 Å². The molecule has 1 saturated carbocycles. The molecule has 0 heterocycles. The number of anilines is 1. The van der Waals surface area contributed by atoms with Gasteiger partial charge in [-0.05, 0) is 61.6 Å². The van der Waals surface area contributed by atoms with Gasteiger partial charge in [-0.15, -0.1) is 0 Å². The lowest BCUT2D eigenvalue weighted by atomic mass is 10.1. The summed E-state index contributed by atoms with van der Waals surface area (Å²) in [7, 11) is -3.74. The smallest absolute Gasteiger partial charge is 0.244 e. The monoisotopic (exact) mass is 563 g/mol. The molecule has 2 amide bonds. The second kappa shape index (κ2) is 12.0. The van der Waals surface area contributed by atoms with Gasteiger partial charge in [0.2, 0.25) is 21.8 Å². The number of amides is 2. The minimum Gasteiger partial charge on any atom is -0.352 e. The number of hydrogen-bond acceptors (Lipinski definition) is 4. The van der Waals surface area contributed by atoms with Gasteiger partial charge in [0, 0.05) is 17.1 Å². The van der Waals surface area contributed by atoms with E-state index in [1.165, 1.54) is 4.90 Å². The maximum absolute atomic E-state index is 13.7. The van der Waals surface area contributed by atoms with Crippen molar-refractivity contribution in [1.29, 1.82) is 0 Å². The maximum atomic E-state index is 13.7. The van der Waals surface area contributed by atoms with E-state index in [1.54, 1.807) is 24.3 Å². The highest BCUT2D eigenvalue weighted by Gasteiger charge is 2.33. The Balaban J connectivity index is 1.92. The van der Waals surface area contributed by atoms with Crippen molar-refractivity contribution in [3.05, 3.63) is 64.1 Å². The van der Waals surface area contributed by atoms with Crippen LogP contribution < -0.4 is 9.62 Å². The first kappa shape index (κ1) is 27.2. The van der Waals surface area contributed by atoms with E-state index in [1.807, 2.05) is 38.1 Å². The largest absolute Gasteiger partial charge is 0.352 e. The van der Waals surface area contributed by atoms with Crippen molar-refractivity contribution in [2.75, 3.05) is 17.1 Å². The Morgan fingerprint density at radius 2 is 1.71 bits per heavy atom. The Morgan fingerprint density at radius 1 is 1.09 bits per heavy atom. The molecular weight excluding hydrogens is 530 g/mol. The van der Waals surface area contributed by atoms with Gasteiger partial charge in [0.1, 0.15) is 12.6 Å². The van der Waals surface area contributed by atoms with Crippen LogP contribution in [-0.2, 0) is 26.2 Å². The second-order valence-electron chi connectivity index (χ2n) is 9.11. The number of aryl methyl sites for hydroxylation is 1. The molecule has 2 aromatic carbocycles. The fourth-order valence-electron chi connectivity index (χ4n) is 4.48. The number of nitrogens with zero attached hydrogens (tertiary/aromatic N) is 2. The highest BCUT2D eigenvalue weighted by Crippen LogP contribution is 2.23. The van der Waals surface area contributed by atoms with Gasteiger partial charge < -0.3 is 10.2 Å². The van der Waals surface area contributed by atoms with Crippen molar-refractivity contribution in [2.24, 2.45) is 0 Å². The van der Waals surface area contributed by atoms with Crippen molar-refractivity contribution in [3.8, 4) is 0 Å². The van der Waals surface area contributed by atoms with Crippen LogP contribution in [0.25, 0.3) is 0 Å². The van der Waals surface area contributed by atoms with E-state index in [2.05, 4.69) is 21.2 Å². The third-order valence-corrected chi connectivity index (χ3v) is 8.15. The molecule has 1 aliphatic rings. The predicted molar refractivity (Wildman–Crippen MR) is 143 cm³/mol. The predicted octanol–water partition coefficient (Wildman–Crippen LogP) is 4.39. The molecule has 0 spiro atoms. The van der Waals surface area contributed by atoms with Crippen molar-refractivity contribution >= 4 is 43.5 Å². The zero-order valence-electron chi connectivity index (χ0n) is 20.5. The number of benzene rings is 2. The standard InChI is InChI=1S/C26H34BrN3O4S/c1-4-24(26(32)28-22-11-7-8-12-22)29(17-20-10-6-5-9-19(20)2)25(31)18-30(35(3,33)34)23-15-13-21(27)14-16-23/h5-6,9-10,13-16,22,24H,4,7-8,11-12,17-18H2,1-3H3,(H,28,32)/t24-/m0/s1. The Kier molecular flexibility index (Phi) is 9.35. The zero-order chi connectivity index (χ0) is 25.6. The van der Waals surface area contributed by atoms with E-state index >= 15 is 0 Å². The Morgan fingerprint density at radius 3 is 2.29 bits per heavy atom. The Bertz CT molecular complexity index is 1130. The molecule has 1 fully saturated rings. The molecule has 9 heteroatoms. The lowest BCUT2D eigenvalue weighted by Crippen LogP contribution is -2.53. The van der Waals surface area contributed by atoms with Gasteiger partial charge in [0.15, 0.2) is 0 Å². The molecule has 0 aromatic heterocycles. The fourth-order valence-corrected chi connectivity index (χ4v) is 5.59. The summed E-state index contributed by atoms with van der Waals surface area (Å²) >= 11 is 3.36. The number of carbonyl (C=O) groups is 2. The van der Waals surface area contributed by atoms with Crippen molar-refractivity contribution in [1.82, 2.24) is 10.2 Å². The Labute approximate surface area is 217 Å². The first-order valence-electron chi connectivity index (χ1n) is 12.0. The normalized spacial score (nSPS) is 15.0. The molecule has 3 rings (SSSR count). The van der Waals surface area contributed by atoms with Gasteiger partial charge in [-0.1, -0.05) is 60.0 Å². The SMILES string of the molecule is CC[C@@H](C(=O)NC1CCCC1)N(Cc1ccccc1C)C(=O)CN(c1ccc(Br)cc1)S(C)(=O)=O. The van der Waals surface area contributed by atoms with E-state index in [-0.39, 0.29) is 25.0 Å². The van der Waals surface area contributed by atoms with Crippen LogP contribution in [0.15, 0.2) is 53.0 Å². The van der Waals surface area contributed by atoms with Crippen molar-refractivity contribution in [2.45, 2.75) is 64.6 Å². The quantitative estimate of drug-likeness (QED) is 0.464. The van der Waals surface area contributed by atoms with Crippen molar-refractivity contribution < 1.29 is 18.0 Å². The van der Waals surface area contributed by atoms with Crippen LogP contribution in [0.2, 0.25) is 0 Å². The average molecular weight is 565 g/mol. The molecule has 7 nitrogen and oxygen atoms in total. The summed E-state index contributed by atoms with van der Waals surface area (Å²) in [6.07, 6.45) is 5.57. The number of sulfonamides is 1.